The Balaban J connectivity index is 1.55. The van der Waals surface area contributed by atoms with Crippen LogP contribution >= 0.6 is 11.3 Å². The average molecular weight is 389 g/mol. The fraction of sp³-hybridized carbons (Fsp3) is 0.550. The molecular formula is C20H28N4O2S. The molecule has 27 heavy (non-hydrogen) atoms. The van der Waals surface area contributed by atoms with Gasteiger partial charge in [-0.2, -0.15) is 5.10 Å². The number of thiophene rings is 1. The van der Waals surface area contributed by atoms with E-state index in [1.165, 1.54) is 4.88 Å². The van der Waals surface area contributed by atoms with Gasteiger partial charge in [-0.1, -0.05) is 19.9 Å². The first-order chi connectivity index (χ1) is 13.0. The summed E-state index contributed by atoms with van der Waals surface area (Å²) in [6.45, 7) is 6.01. The number of rotatable bonds is 8. The van der Waals surface area contributed by atoms with Crippen LogP contribution in [-0.4, -0.2) is 39.6 Å². The van der Waals surface area contributed by atoms with Crippen molar-refractivity contribution in [2.24, 2.45) is 5.92 Å². The van der Waals surface area contributed by atoms with Crippen LogP contribution in [-0.2, 0) is 22.6 Å². The first-order valence-corrected chi connectivity index (χ1v) is 10.5. The minimum Gasteiger partial charge on any atom is -0.356 e. The molecule has 2 aromatic rings. The Bertz CT molecular complexity index is 754. The molecule has 0 radical (unpaired) electrons. The maximum absolute atomic E-state index is 12.6. The SMILES string of the molecule is CC(C)CCC(=O)N1Cc2ccnn2[C@@H](CC(=O)NCCc2cccs2)C1. The molecule has 1 N–H and O–H groups in total. The third kappa shape index (κ3) is 5.42. The van der Waals surface area contributed by atoms with Crippen LogP contribution in [0.25, 0.3) is 0 Å². The maximum Gasteiger partial charge on any atom is 0.223 e. The molecule has 1 aliphatic heterocycles. The number of nitrogens with zero attached hydrogens (tertiary/aromatic N) is 3. The highest BCUT2D eigenvalue weighted by Crippen LogP contribution is 2.24. The van der Waals surface area contributed by atoms with Crippen molar-refractivity contribution < 1.29 is 9.59 Å². The van der Waals surface area contributed by atoms with Crippen LogP contribution in [0.3, 0.4) is 0 Å². The lowest BCUT2D eigenvalue weighted by molar-refractivity contribution is -0.134. The lowest BCUT2D eigenvalue weighted by Crippen LogP contribution is -2.43. The van der Waals surface area contributed by atoms with E-state index in [-0.39, 0.29) is 17.9 Å². The lowest BCUT2D eigenvalue weighted by Gasteiger charge is -2.34. The topological polar surface area (TPSA) is 67.2 Å². The van der Waals surface area contributed by atoms with E-state index in [4.69, 9.17) is 0 Å². The first kappa shape index (κ1) is 19.6. The van der Waals surface area contributed by atoms with Gasteiger partial charge in [0, 0.05) is 30.6 Å². The Hall–Kier alpha value is -2.15. The number of hydrogen-bond donors (Lipinski definition) is 1. The second-order valence-electron chi connectivity index (χ2n) is 7.51. The fourth-order valence-electron chi connectivity index (χ4n) is 3.36. The van der Waals surface area contributed by atoms with E-state index in [1.807, 2.05) is 27.1 Å². The number of hydrogen-bond acceptors (Lipinski definition) is 4. The zero-order chi connectivity index (χ0) is 19.2. The monoisotopic (exact) mass is 388 g/mol. The molecule has 1 atom stereocenters. The van der Waals surface area contributed by atoms with Gasteiger partial charge in [-0.15, -0.1) is 11.3 Å². The van der Waals surface area contributed by atoms with E-state index in [0.29, 0.717) is 38.4 Å². The number of carbonyl (C=O) groups is 2. The van der Waals surface area contributed by atoms with Gasteiger partial charge in [0.25, 0.3) is 0 Å². The van der Waals surface area contributed by atoms with E-state index in [9.17, 15) is 9.59 Å². The second kappa shape index (κ2) is 9.17. The molecule has 6 nitrogen and oxygen atoms in total. The van der Waals surface area contributed by atoms with Crippen LogP contribution < -0.4 is 5.32 Å². The van der Waals surface area contributed by atoms with E-state index in [0.717, 1.165) is 18.5 Å². The quantitative estimate of drug-likeness (QED) is 0.756. The Kier molecular flexibility index (Phi) is 6.66. The molecule has 0 fully saturated rings. The van der Waals surface area contributed by atoms with Gasteiger partial charge < -0.3 is 10.2 Å². The summed E-state index contributed by atoms with van der Waals surface area (Å²) >= 11 is 1.70. The van der Waals surface area contributed by atoms with Crippen molar-refractivity contribution in [1.82, 2.24) is 20.0 Å². The van der Waals surface area contributed by atoms with Gasteiger partial charge in [-0.25, -0.2) is 0 Å². The molecule has 3 heterocycles. The number of fused-ring (bicyclic) bond motifs is 1. The summed E-state index contributed by atoms with van der Waals surface area (Å²) in [5, 5.41) is 9.42. The van der Waals surface area contributed by atoms with Gasteiger partial charge in [0.2, 0.25) is 11.8 Å². The zero-order valence-electron chi connectivity index (χ0n) is 16.1. The predicted octanol–water partition coefficient (Wildman–Crippen LogP) is 3.01. The minimum absolute atomic E-state index is 0.00878. The van der Waals surface area contributed by atoms with Crippen molar-refractivity contribution in [3.63, 3.8) is 0 Å². The molecule has 0 aliphatic carbocycles. The molecule has 1 aliphatic rings. The van der Waals surface area contributed by atoms with Gasteiger partial charge >= 0.3 is 0 Å². The normalized spacial score (nSPS) is 16.4. The molecule has 0 bridgehead atoms. The van der Waals surface area contributed by atoms with Gasteiger partial charge in [0.15, 0.2) is 0 Å². The first-order valence-electron chi connectivity index (χ1n) is 9.62. The Morgan fingerprint density at radius 3 is 2.96 bits per heavy atom. The van der Waals surface area contributed by atoms with Crippen molar-refractivity contribution in [1.29, 1.82) is 0 Å². The smallest absolute Gasteiger partial charge is 0.223 e. The summed E-state index contributed by atoms with van der Waals surface area (Å²) in [6.07, 6.45) is 4.39. The van der Waals surface area contributed by atoms with Gasteiger partial charge in [0.1, 0.15) is 0 Å². The lowest BCUT2D eigenvalue weighted by atomic mass is 10.1. The summed E-state index contributed by atoms with van der Waals surface area (Å²) in [5.74, 6) is 0.683. The molecule has 0 aromatic carbocycles. The molecule has 0 spiro atoms. The molecule has 146 valence electrons. The number of nitrogens with one attached hydrogen (secondary N) is 1. The van der Waals surface area contributed by atoms with Crippen LogP contribution in [0.1, 0.15) is 49.7 Å². The third-order valence-corrected chi connectivity index (χ3v) is 5.80. The standard InChI is InChI=1S/C20H28N4O2S/c1-15(2)5-6-20(26)23-13-16-7-10-22-24(16)17(14-23)12-19(25)21-9-8-18-4-3-11-27-18/h3-4,7,10-11,15,17H,5-6,8-9,12-14H2,1-2H3,(H,21,25)/t17-/m0/s1. The molecule has 0 unspecified atom stereocenters. The molecule has 0 saturated carbocycles. The van der Waals surface area contributed by atoms with Crippen LogP contribution in [0.15, 0.2) is 29.8 Å². The molecule has 3 rings (SSSR count). The Morgan fingerprint density at radius 1 is 1.37 bits per heavy atom. The highest BCUT2D eigenvalue weighted by Gasteiger charge is 2.29. The van der Waals surface area contributed by atoms with Crippen molar-refractivity contribution in [3.05, 3.63) is 40.3 Å². The van der Waals surface area contributed by atoms with E-state index in [1.54, 1.807) is 17.5 Å². The zero-order valence-corrected chi connectivity index (χ0v) is 16.9. The van der Waals surface area contributed by atoms with Gasteiger partial charge in [0.05, 0.1) is 24.7 Å². The van der Waals surface area contributed by atoms with Crippen LogP contribution in [0.2, 0.25) is 0 Å². The minimum atomic E-state index is -0.103. The predicted molar refractivity (Wildman–Crippen MR) is 106 cm³/mol. The third-order valence-electron chi connectivity index (χ3n) is 4.87. The summed E-state index contributed by atoms with van der Waals surface area (Å²) in [6, 6.07) is 5.93. The number of aromatic nitrogens is 2. The highest BCUT2D eigenvalue weighted by molar-refractivity contribution is 7.09. The summed E-state index contributed by atoms with van der Waals surface area (Å²) < 4.78 is 1.91. The van der Waals surface area contributed by atoms with E-state index in [2.05, 4.69) is 30.3 Å². The van der Waals surface area contributed by atoms with Crippen molar-refractivity contribution in [3.8, 4) is 0 Å². The van der Waals surface area contributed by atoms with Gasteiger partial charge in [-0.05, 0) is 36.3 Å². The largest absolute Gasteiger partial charge is 0.356 e. The summed E-state index contributed by atoms with van der Waals surface area (Å²) in [5.41, 5.74) is 0.996. The number of amides is 2. The maximum atomic E-state index is 12.6. The average Bonchev–Trinajstić information content (AvgIpc) is 3.31. The molecule has 2 aromatic heterocycles. The Morgan fingerprint density at radius 2 is 2.22 bits per heavy atom. The molecule has 0 saturated heterocycles. The van der Waals surface area contributed by atoms with Crippen molar-refractivity contribution in [2.75, 3.05) is 13.1 Å². The summed E-state index contributed by atoms with van der Waals surface area (Å²) in [4.78, 5) is 28.1. The highest BCUT2D eigenvalue weighted by atomic mass is 32.1. The van der Waals surface area contributed by atoms with Crippen molar-refractivity contribution >= 4 is 23.2 Å². The number of carbonyl (C=O) groups excluding carboxylic acids is 2. The van der Waals surface area contributed by atoms with Gasteiger partial charge in [-0.3, -0.25) is 14.3 Å². The van der Waals surface area contributed by atoms with Crippen LogP contribution in [0, 0.1) is 5.92 Å². The van der Waals surface area contributed by atoms with Crippen LogP contribution in [0.5, 0.6) is 0 Å². The van der Waals surface area contributed by atoms with Crippen LogP contribution in [0.4, 0.5) is 0 Å². The summed E-state index contributed by atoms with van der Waals surface area (Å²) in [7, 11) is 0. The van der Waals surface area contributed by atoms with E-state index < -0.39 is 0 Å². The Labute approximate surface area is 164 Å². The molecule has 7 heteroatoms. The molecule has 2 amide bonds. The second-order valence-corrected chi connectivity index (χ2v) is 8.54. The van der Waals surface area contributed by atoms with E-state index >= 15 is 0 Å². The fourth-order valence-corrected chi connectivity index (χ4v) is 4.07. The van der Waals surface area contributed by atoms with Crippen molar-refractivity contribution in [2.45, 2.75) is 52.1 Å². The molecular weight excluding hydrogens is 360 g/mol.